The fourth-order valence-electron chi connectivity index (χ4n) is 1.76. The van der Waals surface area contributed by atoms with E-state index in [9.17, 15) is 13.2 Å². The van der Waals surface area contributed by atoms with Crippen molar-refractivity contribution < 1.29 is 13.2 Å². The second-order valence-corrected chi connectivity index (χ2v) is 6.39. The molecule has 0 atom stereocenters. The molecular weight excluding hydrogens is 302 g/mol. The lowest BCUT2D eigenvalue weighted by Gasteiger charge is -2.06. The van der Waals surface area contributed by atoms with Gasteiger partial charge in [-0.2, -0.15) is 0 Å². The molecule has 6 nitrogen and oxygen atoms in total. The number of amides is 1. The summed E-state index contributed by atoms with van der Waals surface area (Å²) in [5, 5.41) is 1.00. The van der Waals surface area contributed by atoms with Gasteiger partial charge in [0.1, 0.15) is 5.69 Å². The van der Waals surface area contributed by atoms with Crippen molar-refractivity contribution in [1.82, 2.24) is 14.8 Å². The van der Waals surface area contributed by atoms with Crippen LogP contribution in [-0.2, 0) is 17.1 Å². The lowest BCUT2D eigenvalue weighted by atomic mass is 10.2. The molecule has 0 aliphatic rings. The summed E-state index contributed by atoms with van der Waals surface area (Å²) >= 11 is 0. The highest BCUT2D eigenvalue weighted by Crippen LogP contribution is 2.06. The van der Waals surface area contributed by atoms with Crippen molar-refractivity contribution in [1.29, 1.82) is 0 Å². The molecule has 1 amide bonds. The van der Waals surface area contributed by atoms with E-state index in [0.29, 0.717) is 5.69 Å². The number of carbonyl (C=O) groups excluding carboxylic acids is 1. The minimum atomic E-state index is -3.76. The zero-order chi connectivity index (χ0) is 16.2. The van der Waals surface area contributed by atoms with Gasteiger partial charge in [0.2, 0.25) is 0 Å². The van der Waals surface area contributed by atoms with Crippen molar-refractivity contribution >= 4 is 22.0 Å². The van der Waals surface area contributed by atoms with Crippen LogP contribution in [0, 0.1) is 6.92 Å². The number of hydrogen-bond donors (Lipinski definition) is 2. The van der Waals surface area contributed by atoms with Gasteiger partial charge in [-0.05, 0) is 30.7 Å². The molecule has 7 heteroatoms. The largest absolute Gasteiger partial charge is 0.347 e. The lowest BCUT2D eigenvalue weighted by Crippen LogP contribution is -2.41. The molecule has 1 aromatic carbocycles. The average molecular weight is 319 g/mol. The molecule has 0 radical (unpaired) electrons. The van der Waals surface area contributed by atoms with Gasteiger partial charge < -0.3 is 4.57 Å². The van der Waals surface area contributed by atoms with Crippen molar-refractivity contribution in [3.05, 3.63) is 64.8 Å². The Kier molecular flexibility index (Phi) is 4.79. The first-order valence-corrected chi connectivity index (χ1v) is 8.10. The summed E-state index contributed by atoms with van der Waals surface area (Å²) in [5.74, 6) is -0.528. The van der Waals surface area contributed by atoms with Crippen LogP contribution in [0.5, 0.6) is 0 Å². The van der Waals surface area contributed by atoms with Crippen LogP contribution in [0.3, 0.4) is 0 Å². The fourth-order valence-corrected chi connectivity index (χ4v) is 2.40. The van der Waals surface area contributed by atoms with Crippen LogP contribution in [0.25, 0.3) is 6.08 Å². The van der Waals surface area contributed by atoms with E-state index in [1.807, 2.05) is 36.0 Å². The van der Waals surface area contributed by atoms with Gasteiger partial charge in [0.05, 0.1) is 0 Å². The minimum absolute atomic E-state index is 0.352. The summed E-state index contributed by atoms with van der Waals surface area (Å²) in [6.07, 6.45) is 3.15. The van der Waals surface area contributed by atoms with Gasteiger partial charge in [0.25, 0.3) is 15.9 Å². The average Bonchev–Trinajstić information content (AvgIpc) is 2.91. The van der Waals surface area contributed by atoms with Gasteiger partial charge in [0, 0.05) is 18.7 Å². The molecule has 2 rings (SSSR count). The van der Waals surface area contributed by atoms with Crippen LogP contribution in [0.1, 0.15) is 21.6 Å². The Bertz CT molecular complexity index is 790. The highest BCUT2D eigenvalue weighted by molar-refractivity contribution is 7.92. The SMILES string of the molecule is Cc1ccc(C=CS(=O)(=O)NNC(=O)c2cccn2C)cc1. The van der Waals surface area contributed by atoms with Crippen LogP contribution in [0.4, 0.5) is 0 Å². The summed E-state index contributed by atoms with van der Waals surface area (Å²) in [6, 6.07) is 10.7. The Morgan fingerprint density at radius 1 is 1.18 bits per heavy atom. The Hall–Kier alpha value is -2.38. The lowest BCUT2D eigenvalue weighted by molar-refractivity contribution is 0.0937. The molecule has 116 valence electrons. The summed E-state index contributed by atoms with van der Waals surface area (Å²) in [4.78, 5) is 13.8. The Labute approximate surface area is 129 Å². The van der Waals surface area contributed by atoms with Gasteiger partial charge >= 0.3 is 0 Å². The van der Waals surface area contributed by atoms with Crippen LogP contribution < -0.4 is 10.3 Å². The number of nitrogens with one attached hydrogen (secondary N) is 2. The van der Waals surface area contributed by atoms with E-state index in [1.54, 1.807) is 29.9 Å². The Morgan fingerprint density at radius 2 is 1.86 bits per heavy atom. The van der Waals surface area contributed by atoms with Crippen LogP contribution >= 0.6 is 0 Å². The molecular formula is C15H17N3O3S. The molecule has 2 N–H and O–H groups in total. The van der Waals surface area contributed by atoms with Gasteiger partial charge in [-0.1, -0.05) is 29.8 Å². The third-order valence-corrected chi connectivity index (χ3v) is 3.88. The molecule has 0 saturated heterocycles. The van der Waals surface area contributed by atoms with Crippen molar-refractivity contribution in [2.75, 3.05) is 0 Å². The monoisotopic (exact) mass is 319 g/mol. The van der Waals surface area contributed by atoms with Gasteiger partial charge in [-0.3, -0.25) is 10.2 Å². The first-order valence-electron chi connectivity index (χ1n) is 6.56. The fraction of sp³-hybridized carbons (Fsp3) is 0.133. The number of aromatic nitrogens is 1. The zero-order valence-electron chi connectivity index (χ0n) is 12.3. The molecule has 22 heavy (non-hydrogen) atoms. The van der Waals surface area contributed by atoms with E-state index < -0.39 is 15.9 Å². The minimum Gasteiger partial charge on any atom is -0.347 e. The van der Waals surface area contributed by atoms with Gasteiger partial charge in [-0.25, -0.2) is 8.42 Å². The van der Waals surface area contributed by atoms with E-state index in [-0.39, 0.29) is 0 Å². The molecule has 0 unspecified atom stereocenters. The van der Waals surface area contributed by atoms with Crippen LogP contribution in [0.15, 0.2) is 48.0 Å². The third kappa shape index (κ3) is 4.31. The van der Waals surface area contributed by atoms with E-state index in [2.05, 4.69) is 5.43 Å². The first kappa shape index (κ1) is 16.0. The number of benzene rings is 1. The maximum Gasteiger partial charge on any atom is 0.282 e. The molecule has 0 saturated carbocycles. The van der Waals surface area contributed by atoms with Gasteiger partial charge in [0.15, 0.2) is 0 Å². The number of rotatable bonds is 5. The predicted molar refractivity (Wildman–Crippen MR) is 85.1 cm³/mol. The second kappa shape index (κ2) is 6.59. The van der Waals surface area contributed by atoms with Crippen LogP contribution in [-0.4, -0.2) is 18.9 Å². The molecule has 0 aliphatic heterocycles. The number of nitrogens with zero attached hydrogens (tertiary/aromatic N) is 1. The molecule has 1 aromatic heterocycles. The van der Waals surface area contributed by atoms with Crippen LogP contribution in [0.2, 0.25) is 0 Å². The van der Waals surface area contributed by atoms with E-state index in [0.717, 1.165) is 16.5 Å². The summed E-state index contributed by atoms with van der Waals surface area (Å²) in [6.45, 7) is 1.95. The Balaban J connectivity index is 1.98. The quantitative estimate of drug-likeness (QED) is 0.821. The standard InChI is InChI=1S/C15H17N3O3S/c1-12-5-7-13(8-6-12)9-11-22(20,21)17-16-15(19)14-4-3-10-18(14)2/h3-11,17H,1-2H3,(H,16,19). The van der Waals surface area contributed by atoms with Crippen molar-refractivity contribution in [3.63, 3.8) is 0 Å². The molecule has 0 aliphatic carbocycles. The zero-order valence-corrected chi connectivity index (χ0v) is 13.1. The molecule has 1 heterocycles. The van der Waals surface area contributed by atoms with E-state index in [1.165, 1.54) is 6.08 Å². The third-order valence-electron chi connectivity index (χ3n) is 3.00. The predicted octanol–water partition coefficient (Wildman–Crippen LogP) is 1.57. The maximum atomic E-state index is 11.8. The van der Waals surface area contributed by atoms with Crippen molar-refractivity contribution in [3.8, 4) is 0 Å². The molecule has 0 bridgehead atoms. The molecule has 0 fully saturated rings. The number of carbonyl (C=O) groups is 1. The Morgan fingerprint density at radius 3 is 2.45 bits per heavy atom. The number of aryl methyl sites for hydroxylation is 2. The number of hydrogen-bond acceptors (Lipinski definition) is 3. The van der Waals surface area contributed by atoms with E-state index >= 15 is 0 Å². The first-order chi connectivity index (χ1) is 10.4. The number of hydrazine groups is 1. The summed E-state index contributed by atoms with van der Waals surface area (Å²) in [5.41, 5.74) is 4.36. The van der Waals surface area contributed by atoms with E-state index in [4.69, 9.17) is 0 Å². The maximum absolute atomic E-state index is 11.8. The van der Waals surface area contributed by atoms with Crippen molar-refractivity contribution in [2.24, 2.45) is 7.05 Å². The summed E-state index contributed by atoms with van der Waals surface area (Å²) < 4.78 is 25.2. The molecule has 0 spiro atoms. The molecule has 2 aromatic rings. The summed E-state index contributed by atoms with van der Waals surface area (Å²) in [7, 11) is -2.07. The normalized spacial score (nSPS) is 11.7. The topological polar surface area (TPSA) is 80.2 Å². The van der Waals surface area contributed by atoms with Crippen molar-refractivity contribution in [2.45, 2.75) is 6.92 Å². The smallest absolute Gasteiger partial charge is 0.282 e. The number of sulfonamides is 1. The highest BCUT2D eigenvalue weighted by atomic mass is 32.2. The van der Waals surface area contributed by atoms with Gasteiger partial charge in [-0.15, -0.1) is 4.83 Å². The highest BCUT2D eigenvalue weighted by Gasteiger charge is 2.11. The second-order valence-electron chi connectivity index (χ2n) is 4.82.